The molecule has 0 fully saturated rings. The maximum atomic E-state index is 9.44. The third kappa shape index (κ3) is 3.00. The van der Waals surface area contributed by atoms with E-state index in [4.69, 9.17) is 21.1 Å². The predicted octanol–water partition coefficient (Wildman–Crippen LogP) is 2.87. The number of hydrogen-bond donors (Lipinski definition) is 4. The Labute approximate surface area is 181 Å². The SMILES string of the molecule is N#CNC1=NC(c2ccc(-c3ccc4ocnc4c3)cc2)c2c(nc(N)c(C#N)c2N)N1. The number of pyridine rings is 1. The van der Waals surface area contributed by atoms with Crippen LogP contribution in [0.5, 0.6) is 0 Å². The van der Waals surface area contributed by atoms with Crippen molar-refractivity contribution in [3.05, 3.63) is 65.5 Å². The number of benzene rings is 2. The molecular formula is C22H15N9O. The van der Waals surface area contributed by atoms with Gasteiger partial charge in [0.15, 0.2) is 18.2 Å². The molecule has 0 aliphatic carbocycles. The number of nitrogen functional groups attached to an aromatic ring is 2. The Morgan fingerprint density at radius 2 is 1.84 bits per heavy atom. The topological polar surface area (TPSA) is 175 Å². The largest absolute Gasteiger partial charge is 0.443 e. The number of oxazole rings is 1. The van der Waals surface area contributed by atoms with Crippen LogP contribution in [-0.4, -0.2) is 15.9 Å². The number of rotatable bonds is 2. The summed E-state index contributed by atoms with van der Waals surface area (Å²) in [6, 6.07) is 14.9. The fourth-order valence-corrected chi connectivity index (χ4v) is 3.72. The van der Waals surface area contributed by atoms with E-state index in [1.54, 1.807) is 0 Å². The summed E-state index contributed by atoms with van der Waals surface area (Å²) in [5.41, 5.74) is 17.2. The molecule has 1 atom stereocenters. The second-order valence-corrected chi connectivity index (χ2v) is 7.06. The first-order chi connectivity index (χ1) is 15.6. The Kier molecular flexibility index (Phi) is 4.32. The Morgan fingerprint density at radius 3 is 2.59 bits per heavy atom. The average Bonchev–Trinajstić information content (AvgIpc) is 3.27. The number of nitriles is 2. The average molecular weight is 421 g/mol. The molecule has 10 heteroatoms. The zero-order valence-electron chi connectivity index (χ0n) is 16.5. The van der Waals surface area contributed by atoms with E-state index in [1.165, 1.54) is 6.39 Å². The molecular weight excluding hydrogens is 406 g/mol. The van der Waals surface area contributed by atoms with Crippen molar-refractivity contribution < 1.29 is 4.42 Å². The number of nitrogens with zero attached hydrogens (tertiary/aromatic N) is 5. The molecule has 154 valence electrons. The normalized spacial score (nSPS) is 14.6. The Hall–Kier alpha value is -5.09. The third-order valence-electron chi connectivity index (χ3n) is 5.25. The molecule has 0 spiro atoms. The third-order valence-corrected chi connectivity index (χ3v) is 5.25. The van der Waals surface area contributed by atoms with Crippen LogP contribution in [0, 0.1) is 22.8 Å². The van der Waals surface area contributed by atoms with E-state index >= 15 is 0 Å². The fraction of sp³-hybridized carbons (Fsp3) is 0.0455. The molecule has 2 aromatic carbocycles. The summed E-state index contributed by atoms with van der Waals surface area (Å²) in [5.74, 6) is 0.561. The van der Waals surface area contributed by atoms with Gasteiger partial charge in [-0.3, -0.25) is 5.32 Å². The van der Waals surface area contributed by atoms with Crippen LogP contribution in [0.1, 0.15) is 22.7 Å². The van der Waals surface area contributed by atoms with Crippen molar-refractivity contribution in [1.29, 1.82) is 10.5 Å². The molecule has 1 unspecified atom stereocenters. The van der Waals surface area contributed by atoms with Crippen LogP contribution in [0.2, 0.25) is 0 Å². The van der Waals surface area contributed by atoms with Crippen molar-refractivity contribution in [3.8, 4) is 23.4 Å². The monoisotopic (exact) mass is 421 g/mol. The van der Waals surface area contributed by atoms with Gasteiger partial charge in [0, 0.05) is 5.56 Å². The van der Waals surface area contributed by atoms with Crippen molar-refractivity contribution in [2.45, 2.75) is 6.04 Å². The predicted molar refractivity (Wildman–Crippen MR) is 119 cm³/mol. The van der Waals surface area contributed by atoms with Crippen molar-refractivity contribution in [2.75, 3.05) is 16.8 Å². The lowest BCUT2D eigenvalue weighted by molar-refractivity contribution is 0.602. The van der Waals surface area contributed by atoms with Crippen LogP contribution >= 0.6 is 0 Å². The quantitative estimate of drug-likeness (QED) is 0.280. The molecule has 0 radical (unpaired) electrons. The van der Waals surface area contributed by atoms with Crippen LogP contribution in [0.4, 0.5) is 17.3 Å². The first-order valence-corrected chi connectivity index (χ1v) is 9.51. The fourth-order valence-electron chi connectivity index (χ4n) is 3.72. The number of fused-ring (bicyclic) bond motifs is 2. The van der Waals surface area contributed by atoms with Crippen molar-refractivity contribution in [2.24, 2.45) is 4.99 Å². The molecule has 4 aromatic rings. The molecule has 2 aromatic heterocycles. The molecule has 0 bridgehead atoms. The highest BCUT2D eigenvalue weighted by atomic mass is 16.3. The zero-order valence-corrected chi connectivity index (χ0v) is 16.5. The number of nitrogens with one attached hydrogen (secondary N) is 2. The highest BCUT2D eigenvalue weighted by Gasteiger charge is 2.29. The Bertz CT molecular complexity index is 1470. The van der Waals surface area contributed by atoms with Gasteiger partial charge in [0.05, 0.1) is 5.69 Å². The summed E-state index contributed by atoms with van der Waals surface area (Å²) in [7, 11) is 0. The lowest BCUT2D eigenvalue weighted by Gasteiger charge is -2.26. The molecule has 32 heavy (non-hydrogen) atoms. The number of aromatic nitrogens is 2. The standard InChI is InChI=1S/C22H15N9O/c23-8-14-18(25)17-19(29-22(27-9-24)31-21(17)30-20(14)26)12-3-1-11(2-4-12)13-5-6-16-15(7-13)28-10-32-16/h1-7,10,19H,(H6,25,26,27,29,30,31). The number of hydrogen-bond acceptors (Lipinski definition) is 10. The molecule has 1 aliphatic rings. The second kappa shape index (κ2) is 7.31. The van der Waals surface area contributed by atoms with Crippen LogP contribution in [0.25, 0.3) is 22.2 Å². The van der Waals surface area contributed by atoms with Gasteiger partial charge in [-0.1, -0.05) is 30.3 Å². The van der Waals surface area contributed by atoms with Crippen molar-refractivity contribution in [3.63, 3.8) is 0 Å². The van der Waals surface area contributed by atoms with E-state index in [0.29, 0.717) is 11.4 Å². The van der Waals surface area contributed by atoms with Gasteiger partial charge in [-0.2, -0.15) is 10.5 Å². The maximum absolute atomic E-state index is 9.44. The minimum Gasteiger partial charge on any atom is -0.443 e. The Morgan fingerprint density at radius 1 is 1.06 bits per heavy atom. The van der Waals surface area contributed by atoms with Gasteiger partial charge in [-0.25, -0.2) is 15.0 Å². The van der Waals surface area contributed by atoms with E-state index in [-0.39, 0.29) is 23.0 Å². The highest BCUT2D eigenvalue weighted by Crippen LogP contribution is 2.40. The lowest BCUT2D eigenvalue weighted by Crippen LogP contribution is -2.32. The minimum atomic E-state index is -0.589. The van der Waals surface area contributed by atoms with Crippen molar-refractivity contribution in [1.82, 2.24) is 15.3 Å². The number of guanidine groups is 1. The first-order valence-electron chi connectivity index (χ1n) is 9.51. The van der Waals surface area contributed by atoms with E-state index in [0.717, 1.165) is 27.8 Å². The summed E-state index contributed by atoms with van der Waals surface area (Å²) < 4.78 is 5.30. The summed E-state index contributed by atoms with van der Waals surface area (Å²) in [6.07, 6.45) is 3.25. The molecule has 6 N–H and O–H groups in total. The van der Waals surface area contributed by atoms with Gasteiger partial charge in [0.2, 0.25) is 5.96 Å². The van der Waals surface area contributed by atoms with Gasteiger partial charge < -0.3 is 21.2 Å². The maximum Gasteiger partial charge on any atom is 0.211 e. The van der Waals surface area contributed by atoms with Crippen LogP contribution in [-0.2, 0) is 0 Å². The second-order valence-electron chi connectivity index (χ2n) is 7.06. The van der Waals surface area contributed by atoms with Gasteiger partial charge in [0.25, 0.3) is 0 Å². The van der Waals surface area contributed by atoms with Crippen LogP contribution < -0.4 is 22.1 Å². The van der Waals surface area contributed by atoms with E-state index in [2.05, 4.69) is 25.6 Å². The van der Waals surface area contributed by atoms with Gasteiger partial charge in [-0.15, -0.1) is 0 Å². The van der Waals surface area contributed by atoms with Gasteiger partial charge >= 0.3 is 0 Å². The molecule has 0 saturated carbocycles. The molecule has 0 amide bonds. The van der Waals surface area contributed by atoms with Crippen LogP contribution in [0.3, 0.4) is 0 Å². The summed E-state index contributed by atoms with van der Waals surface area (Å²) in [6.45, 7) is 0. The number of aliphatic imine (C=N–C) groups is 1. The van der Waals surface area contributed by atoms with Crippen molar-refractivity contribution >= 4 is 34.4 Å². The molecule has 1 aliphatic heterocycles. The summed E-state index contributed by atoms with van der Waals surface area (Å²) >= 11 is 0. The molecule has 3 heterocycles. The minimum absolute atomic E-state index is 0.00630. The van der Waals surface area contributed by atoms with Crippen LogP contribution in [0.15, 0.2) is 58.3 Å². The first kappa shape index (κ1) is 18.9. The number of nitrogens with two attached hydrogens (primary N) is 2. The molecule has 10 nitrogen and oxygen atoms in total. The van der Waals surface area contributed by atoms with Gasteiger partial charge in [-0.05, 0) is 28.8 Å². The lowest BCUT2D eigenvalue weighted by atomic mass is 9.93. The van der Waals surface area contributed by atoms with E-state index in [1.807, 2.05) is 54.7 Å². The zero-order chi connectivity index (χ0) is 22.2. The highest BCUT2D eigenvalue weighted by molar-refractivity contribution is 5.98. The van der Waals surface area contributed by atoms with Gasteiger partial charge in [0.1, 0.15) is 34.8 Å². The summed E-state index contributed by atoms with van der Waals surface area (Å²) in [4.78, 5) is 13.0. The molecule has 5 rings (SSSR count). The smallest absolute Gasteiger partial charge is 0.211 e. The molecule has 0 saturated heterocycles. The Balaban J connectivity index is 1.59. The summed E-state index contributed by atoms with van der Waals surface area (Å²) in [5, 5.41) is 23.9. The van der Waals surface area contributed by atoms with E-state index in [9.17, 15) is 5.26 Å². The van der Waals surface area contributed by atoms with E-state index < -0.39 is 6.04 Å². The number of anilines is 3.